The second kappa shape index (κ2) is 7.24. The normalized spacial score (nSPS) is 30.5. The van der Waals surface area contributed by atoms with Crippen LogP contribution in [0.4, 0.5) is 0 Å². The van der Waals surface area contributed by atoms with Crippen molar-refractivity contribution >= 4 is 17.7 Å². The zero-order valence-corrected chi connectivity index (χ0v) is 12.1. The summed E-state index contributed by atoms with van der Waals surface area (Å²) in [7, 11) is 1.81. The predicted octanol–water partition coefficient (Wildman–Crippen LogP) is 1.56. The third-order valence-corrected chi connectivity index (χ3v) is 4.92. The van der Waals surface area contributed by atoms with Gasteiger partial charge >= 0.3 is 0 Å². The second-order valence-electron chi connectivity index (χ2n) is 5.18. The third-order valence-electron chi connectivity index (χ3n) is 3.97. The largest absolute Gasteiger partial charge is 0.381 e. The summed E-state index contributed by atoms with van der Waals surface area (Å²) in [6.45, 7) is 3.00. The zero-order valence-electron chi connectivity index (χ0n) is 11.3. The highest BCUT2D eigenvalue weighted by Crippen LogP contribution is 2.26. The van der Waals surface area contributed by atoms with E-state index < -0.39 is 0 Å². The number of rotatable bonds is 3. The highest BCUT2D eigenvalue weighted by molar-refractivity contribution is 7.99. The van der Waals surface area contributed by atoms with Crippen molar-refractivity contribution in [2.45, 2.75) is 31.8 Å². The first-order valence-electron chi connectivity index (χ1n) is 6.95. The summed E-state index contributed by atoms with van der Waals surface area (Å²) in [4.78, 5) is 6.81. The van der Waals surface area contributed by atoms with Crippen LogP contribution in [0.15, 0.2) is 4.99 Å². The van der Waals surface area contributed by atoms with E-state index in [0.29, 0.717) is 12.0 Å². The highest BCUT2D eigenvalue weighted by atomic mass is 32.2. The lowest BCUT2D eigenvalue weighted by molar-refractivity contribution is 0.0580. The number of hydrogen-bond donors (Lipinski definition) is 1. The van der Waals surface area contributed by atoms with Crippen molar-refractivity contribution in [3.63, 3.8) is 0 Å². The molecule has 1 aliphatic carbocycles. The molecular weight excluding hydrogens is 246 g/mol. The minimum Gasteiger partial charge on any atom is -0.381 e. The van der Waals surface area contributed by atoms with E-state index >= 15 is 0 Å². The number of aliphatic imine (C=N–C) groups is 1. The maximum atomic E-state index is 6.06. The Labute approximate surface area is 114 Å². The van der Waals surface area contributed by atoms with Crippen molar-refractivity contribution < 1.29 is 4.74 Å². The summed E-state index contributed by atoms with van der Waals surface area (Å²) in [6, 6.07) is 0. The van der Waals surface area contributed by atoms with Gasteiger partial charge in [0.2, 0.25) is 0 Å². The van der Waals surface area contributed by atoms with Crippen molar-refractivity contribution in [3.8, 4) is 0 Å². The molecule has 0 aromatic rings. The molecule has 1 saturated heterocycles. The van der Waals surface area contributed by atoms with Crippen LogP contribution in [0.25, 0.3) is 0 Å². The predicted molar refractivity (Wildman–Crippen MR) is 78.1 cm³/mol. The Balaban J connectivity index is 1.72. The van der Waals surface area contributed by atoms with Crippen LogP contribution in [-0.4, -0.2) is 55.2 Å². The molecule has 1 aliphatic heterocycles. The van der Waals surface area contributed by atoms with E-state index in [9.17, 15) is 0 Å². The highest BCUT2D eigenvalue weighted by Gasteiger charge is 2.21. The number of hydrogen-bond acceptors (Lipinski definition) is 3. The standard InChI is InChI=1S/C13H25N3OS/c1-17-12-4-2-11(3-5-12)10-15-13(14)16-6-8-18-9-7-16/h11-12H,2-10H2,1H3,(H2,14,15). The molecule has 0 aromatic carbocycles. The Morgan fingerprint density at radius 3 is 2.56 bits per heavy atom. The van der Waals surface area contributed by atoms with Gasteiger partial charge in [-0.15, -0.1) is 0 Å². The lowest BCUT2D eigenvalue weighted by atomic mass is 9.87. The Bertz CT molecular complexity index is 271. The molecule has 0 atom stereocenters. The lowest BCUT2D eigenvalue weighted by Gasteiger charge is -2.29. The average Bonchev–Trinajstić information content (AvgIpc) is 2.46. The van der Waals surface area contributed by atoms with Gasteiger partial charge in [0.05, 0.1) is 6.10 Å². The van der Waals surface area contributed by atoms with Crippen molar-refractivity contribution in [2.24, 2.45) is 16.6 Å². The molecule has 4 nitrogen and oxygen atoms in total. The number of nitrogens with two attached hydrogens (primary N) is 1. The van der Waals surface area contributed by atoms with Crippen LogP contribution in [-0.2, 0) is 4.74 Å². The van der Waals surface area contributed by atoms with Gasteiger partial charge in [-0.25, -0.2) is 0 Å². The smallest absolute Gasteiger partial charge is 0.191 e. The Morgan fingerprint density at radius 2 is 1.94 bits per heavy atom. The van der Waals surface area contributed by atoms with E-state index in [1.807, 2.05) is 18.9 Å². The van der Waals surface area contributed by atoms with Crippen LogP contribution in [0, 0.1) is 5.92 Å². The first-order valence-corrected chi connectivity index (χ1v) is 8.10. The van der Waals surface area contributed by atoms with E-state index in [2.05, 4.69) is 9.89 Å². The number of methoxy groups -OCH3 is 1. The monoisotopic (exact) mass is 271 g/mol. The first-order chi connectivity index (χ1) is 8.79. The maximum Gasteiger partial charge on any atom is 0.191 e. The van der Waals surface area contributed by atoms with E-state index in [1.54, 1.807) is 0 Å². The summed E-state index contributed by atoms with van der Waals surface area (Å²) >= 11 is 2.00. The molecule has 0 radical (unpaired) electrons. The van der Waals surface area contributed by atoms with Gasteiger partial charge in [-0.1, -0.05) is 0 Å². The number of ether oxygens (including phenoxy) is 1. The molecule has 0 unspecified atom stereocenters. The molecule has 2 aliphatic rings. The lowest BCUT2D eigenvalue weighted by Crippen LogP contribution is -2.43. The Hall–Kier alpha value is -0.420. The molecule has 5 heteroatoms. The molecule has 2 fully saturated rings. The van der Waals surface area contributed by atoms with E-state index in [1.165, 1.54) is 37.2 Å². The first kappa shape index (κ1) is 14.0. The van der Waals surface area contributed by atoms with Gasteiger partial charge in [-0.05, 0) is 31.6 Å². The molecule has 0 spiro atoms. The molecular formula is C13H25N3OS. The summed E-state index contributed by atoms with van der Waals surface area (Å²) in [5.41, 5.74) is 6.06. The van der Waals surface area contributed by atoms with Crippen LogP contribution in [0.2, 0.25) is 0 Å². The van der Waals surface area contributed by atoms with E-state index in [-0.39, 0.29) is 0 Å². The van der Waals surface area contributed by atoms with E-state index in [0.717, 1.165) is 25.6 Å². The minimum atomic E-state index is 0.474. The van der Waals surface area contributed by atoms with Gasteiger partial charge in [-0.2, -0.15) is 11.8 Å². The van der Waals surface area contributed by atoms with Crippen LogP contribution in [0.3, 0.4) is 0 Å². The third kappa shape index (κ3) is 4.05. The molecule has 0 amide bonds. The molecule has 104 valence electrons. The molecule has 0 aromatic heterocycles. The molecule has 18 heavy (non-hydrogen) atoms. The van der Waals surface area contributed by atoms with Crippen molar-refractivity contribution in [3.05, 3.63) is 0 Å². The summed E-state index contributed by atoms with van der Waals surface area (Å²) in [5.74, 6) is 3.81. The number of thioether (sulfide) groups is 1. The molecule has 0 bridgehead atoms. The maximum absolute atomic E-state index is 6.06. The zero-order chi connectivity index (χ0) is 12.8. The van der Waals surface area contributed by atoms with Gasteiger partial charge in [0.1, 0.15) is 0 Å². The Kier molecular flexibility index (Phi) is 5.63. The van der Waals surface area contributed by atoms with Gasteiger partial charge in [-0.3, -0.25) is 4.99 Å². The molecule has 1 saturated carbocycles. The molecule has 1 heterocycles. The summed E-state index contributed by atoms with van der Waals surface area (Å²) in [5, 5.41) is 0. The second-order valence-corrected chi connectivity index (χ2v) is 6.40. The van der Waals surface area contributed by atoms with Crippen LogP contribution < -0.4 is 5.73 Å². The number of guanidine groups is 1. The summed E-state index contributed by atoms with van der Waals surface area (Å²) < 4.78 is 5.39. The SMILES string of the molecule is COC1CCC(CN=C(N)N2CCSCC2)CC1. The fourth-order valence-corrected chi connectivity index (χ4v) is 3.57. The van der Waals surface area contributed by atoms with Crippen molar-refractivity contribution in [2.75, 3.05) is 38.2 Å². The molecule has 2 rings (SSSR count). The van der Waals surface area contributed by atoms with Gasteiger partial charge < -0.3 is 15.4 Å². The average molecular weight is 271 g/mol. The minimum absolute atomic E-state index is 0.474. The van der Waals surface area contributed by atoms with Crippen LogP contribution in [0.5, 0.6) is 0 Å². The van der Waals surface area contributed by atoms with Gasteiger partial charge in [0.25, 0.3) is 0 Å². The van der Waals surface area contributed by atoms with Crippen LogP contribution in [0.1, 0.15) is 25.7 Å². The summed E-state index contributed by atoms with van der Waals surface area (Å²) in [6.07, 6.45) is 5.28. The van der Waals surface area contributed by atoms with Crippen molar-refractivity contribution in [1.29, 1.82) is 0 Å². The molecule has 2 N–H and O–H groups in total. The van der Waals surface area contributed by atoms with E-state index in [4.69, 9.17) is 10.5 Å². The fourth-order valence-electron chi connectivity index (χ4n) is 2.67. The van der Waals surface area contributed by atoms with Crippen molar-refractivity contribution in [1.82, 2.24) is 4.90 Å². The Morgan fingerprint density at radius 1 is 1.28 bits per heavy atom. The van der Waals surface area contributed by atoms with Gasteiger partial charge in [0, 0.05) is 38.2 Å². The quantitative estimate of drug-likeness (QED) is 0.625. The van der Waals surface area contributed by atoms with Crippen LogP contribution >= 0.6 is 11.8 Å². The number of nitrogens with zero attached hydrogens (tertiary/aromatic N) is 2. The fraction of sp³-hybridized carbons (Fsp3) is 0.923. The topological polar surface area (TPSA) is 50.9 Å². The van der Waals surface area contributed by atoms with Gasteiger partial charge in [0.15, 0.2) is 5.96 Å².